The first-order valence-corrected chi connectivity index (χ1v) is 7.69. The van der Waals surface area contributed by atoms with Gasteiger partial charge in [-0.1, -0.05) is 24.3 Å². The number of carbonyl (C=O) groups is 3. The Balaban J connectivity index is 1.61. The highest BCUT2D eigenvalue weighted by molar-refractivity contribution is 6.22. The number of fused-ring (bicyclic) bond motifs is 1. The van der Waals surface area contributed by atoms with E-state index in [0.717, 1.165) is 4.90 Å². The molecule has 3 rings (SSSR count). The fraction of sp³-hybridized carbons (Fsp3) is 0.250. The van der Waals surface area contributed by atoms with Crippen LogP contribution in [0, 0.1) is 0 Å². The minimum absolute atomic E-state index is 0.157. The van der Waals surface area contributed by atoms with E-state index < -0.39 is 23.9 Å². The third-order valence-electron chi connectivity index (χ3n) is 3.98. The third kappa shape index (κ3) is 3.13. The maximum absolute atomic E-state index is 12.3. The molecule has 0 bridgehead atoms. The molecule has 26 heavy (non-hydrogen) atoms. The molecule has 0 aromatic heterocycles. The number of likely N-dealkylation sites (N-methyl/N-ethyl adjacent to an activating group) is 2. The van der Waals surface area contributed by atoms with Crippen molar-refractivity contribution < 1.29 is 19.5 Å². The summed E-state index contributed by atoms with van der Waals surface area (Å²) in [6.45, 7) is -0.168. The summed E-state index contributed by atoms with van der Waals surface area (Å²) in [6, 6.07) is 4.76. The van der Waals surface area contributed by atoms with Gasteiger partial charge in [0.05, 0.1) is 13.3 Å². The molecule has 134 valence electrons. The topological polar surface area (TPSA) is 122 Å². The van der Waals surface area contributed by atoms with E-state index in [1.165, 1.54) is 48.6 Å². The average molecular weight is 356 g/mol. The molecular weight excluding hydrogens is 340 g/mol. The lowest BCUT2D eigenvalue weighted by atomic mass is 10.1. The van der Waals surface area contributed by atoms with Crippen LogP contribution in [0.3, 0.4) is 0 Å². The van der Waals surface area contributed by atoms with Crippen molar-refractivity contribution in [2.75, 3.05) is 20.6 Å². The van der Waals surface area contributed by atoms with Gasteiger partial charge >= 0.3 is 11.9 Å². The number of urea groups is 1. The standard InChI is InChI=1S/C16H16N6O4/c1-20-14-13(15(25)21(2)16(20)26)22(9-17-14)8-12(24)19-18-7-10-4-3-5-11(23)6-10/h3-7,9,13H,8H2,1-2H3,(H-,19,23,24)/b18-7+. The molecule has 0 radical (unpaired) electrons. The van der Waals surface area contributed by atoms with E-state index in [4.69, 9.17) is 0 Å². The summed E-state index contributed by atoms with van der Waals surface area (Å²) in [5, 5.41) is 15.0. The first-order chi connectivity index (χ1) is 12.4. The zero-order valence-corrected chi connectivity index (χ0v) is 14.1. The highest BCUT2D eigenvalue weighted by atomic mass is 16.3. The zero-order valence-electron chi connectivity index (χ0n) is 14.1. The van der Waals surface area contributed by atoms with Crippen LogP contribution in [-0.2, 0) is 9.59 Å². The quantitative estimate of drug-likeness (QED) is 0.377. The van der Waals surface area contributed by atoms with Crippen LogP contribution in [0.2, 0.25) is 0 Å². The van der Waals surface area contributed by atoms with Crippen molar-refractivity contribution in [2.24, 2.45) is 5.10 Å². The molecule has 1 fully saturated rings. The van der Waals surface area contributed by atoms with Crippen molar-refractivity contribution in [1.29, 1.82) is 0 Å². The predicted octanol–water partition coefficient (Wildman–Crippen LogP) is -2.09. The van der Waals surface area contributed by atoms with Gasteiger partial charge in [0.15, 0.2) is 0 Å². The summed E-state index contributed by atoms with van der Waals surface area (Å²) in [5.74, 6) is -0.803. The van der Waals surface area contributed by atoms with Gasteiger partial charge < -0.3 is 5.11 Å². The highest BCUT2D eigenvalue weighted by Crippen LogP contribution is 2.15. The number of amidine groups is 1. The van der Waals surface area contributed by atoms with Crippen LogP contribution in [0.4, 0.5) is 4.79 Å². The Hall–Kier alpha value is -3.65. The number of hydrogen-bond donors (Lipinski definition) is 1. The molecular formula is C16H16N6O4. The molecule has 1 saturated heterocycles. The van der Waals surface area contributed by atoms with Crippen LogP contribution in [0.25, 0.3) is 0 Å². The second kappa shape index (κ2) is 6.69. The van der Waals surface area contributed by atoms with Gasteiger partial charge in [0.1, 0.15) is 6.54 Å². The van der Waals surface area contributed by atoms with E-state index in [9.17, 15) is 19.5 Å². The lowest BCUT2D eigenvalue weighted by molar-refractivity contribution is -0.268. The number of nitrogens with one attached hydrogen (secondary N) is 1. The predicted molar refractivity (Wildman–Crippen MR) is 91.3 cm³/mol. The van der Waals surface area contributed by atoms with Crippen LogP contribution in [0.15, 0.2) is 29.4 Å². The first-order valence-electron chi connectivity index (χ1n) is 7.69. The Bertz CT molecular complexity index is 873. The van der Waals surface area contributed by atoms with Crippen molar-refractivity contribution >= 4 is 36.2 Å². The molecule has 1 aromatic rings. The Morgan fingerprint density at radius 2 is 2.12 bits per heavy atom. The van der Waals surface area contributed by atoms with Crippen LogP contribution in [-0.4, -0.2) is 77.6 Å². The van der Waals surface area contributed by atoms with Gasteiger partial charge in [0.25, 0.3) is 24.2 Å². The molecule has 2 aliphatic rings. The molecule has 1 atom stereocenters. The Labute approximate surface area is 148 Å². The number of rotatable bonds is 4. The zero-order chi connectivity index (χ0) is 18.8. The molecule has 2 heterocycles. The van der Waals surface area contributed by atoms with Gasteiger partial charge in [-0.05, 0) is 5.56 Å². The molecule has 1 unspecified atom stereocenters. The van der Waals surface area contributed by atoms with Gasteiger partial charge in [-0.2, -0.15) is 10.0 Å². The number of hydrogen-bond acceptors (Lipinski definition) is 6. The van der Waals surface area contributed by atoms with Crippen molar-refractivity contribution in [3.8, 4) is 5.75 Å². The number of carbonyl (C=O) groups excluding carboxylic acids is 3. The summed E-state index contributed by atoms with van der Waals surface area (Å²) >= 11 is 0. The van der Waals surface area contributed by atoms with Gasteiger partial charge in [-0.15, -0.1) is 5.75 Å². The monoisotopic (exact) mass is 356 g/mol. The van der Waals surface area contributed by atoms with Gasteiger partial charge in [-0.3, -0.25) is 19.4 Å². The molecule has 0 spiro atoms. The van der Waals surface area contributed by atoms with Crippen LogP contribution >= 0.6 is 0 Å². The highest BCUT2D eigenvalue weighted by Gasteiger charge is 2.53. The molecule has 1 aromatic carbocycles. The van der Waals surface area contributed by atoms with Crippen LogP contribution < -0.4 is 15.2 Å². The Morgan fingerprint density at radius 1 is 1.35 bits per heavy atom. The van der Waals surface area contributed by atoms with E-state index in [2.05, 4.69) is 15.2 Å². The minimum atomic E-state index is -0.824. The van der Waals surface area contributed by atoms with Crippen molar-refractivity contribution in [1.82, 2.24) is 24.8 Å². The molecule has 1 N–H and O–H groups in total. The number of amides is 4. The first kappa shape index (κ1) is 17.2. The molecule has 10 heteroatoms. The van der Waals surface area contributed by atoms with Gasteiger partial charge in [-0.25, -0.2) is 14.9 Å². The lowest BCUT2D eigenvalue weighted by Crippen LogP contribution is -2.63. The molecule has 0 saturated carbocycles. The summed E-state index contributed by atoms with van der Waals surface area (Å²) in [6.07, 6.45) is 2.70. The second-order valence-electron chi connectivity index (χ2n) is 5.78. The molecule has 4 amide bonds. The Kier molecular flexibility index (Phi) is 4.42. The smallest absolute Gasteiger partial charge is 0.389 e. The third-order valence-corrected chi connectivity index (χ3v) is 3.98. The van der Waals surface area contributed by atoms with Crippen LogP contribution in [0.1, 0.15) is 5.56 Å². The Morgan fingerprint density at radius 3 is 2.85 bits per heavy atom. The fourth-order valence-corrected chi connectivity index (χ4v) is 2.65. The van der Waals surface area contributed by atoms with Crippen molar-refractivity contribution in [3.63, 3.8) is 0 Å². The number of nitrogens with zero attached hydrogens (tertiary/aromatic N) is 5. The van der Waals surface area contributed by atoms with Gasteiger partial charge in [0.2, 0.25) is 0 Å². The van der Waals surface area contributed by atoms with E-state index in [1.54, 1.807) is 12.1 Å². The van der Waals surface area contributed by atoms with E-state index in [0.29, 0.717) is 5.56 Å². The van der Waals surface area contributed by atoms with Crippen molar-refractivity contribution in [2.45, 2.75) is 6.04 Å². The summed E-state index contributed by atoms with van der Waals surface area (Å²) in [5.41, 5.74) is 2.89. The maximum Gasteiger partial charge on any atom is 0.389 e. The molecule has 2 aliphatic heterocycles. The minimum Gasteiger partial charge on any atom is -0.872 e. The maximum atomic E-state index is 12.3. The SMILES string of the molecule is CN1C(=O)C2C(=[N+]=CN2CC(=O)N/N=C/c2cccc([O-])c2)N(C)C1=O. The normalized spacial score (nSPS) is 19.2. The second-order valence-corrected chi connectivity index (χ2v) is 5.78. The lowest BCUT2D eigenvalue weighted by Gasteiger charge is -2.29. The van der Waals surface area contributed by atoms with Gasteiger partial charge in [0, 0.05) is 7.05 Å². The van der Waals surface area contributed by atoms with E-state index in [1.807, 2.05) is 0 Å². The number of hydrazone groups is 1. The fourth-order valence-electron chi connectivity index (χ4n) is 2.65. The summed E-state index contributed by atoms with van der Waals surface area (Å²) in [7, 11) is 2.89. The van der Waals surface area contributed by atoms with E-state index in [-0.39, 0.29) is 18.1 Å². The summed E-state index contributed by atoms with van der Waals surface area (Å²) < 4.78 is 4.07. The van der Waals surface area contributed by atoms with E-state index >= 15 is 0 Å². The average Bonchev–Trinajstić information content (AvgIpc) is 3.02. The number of imide groups is 1. The molecule has 0 aliphatic carbocycles. The number of benzene rings is 1. The summed E-state index contributed by atoms with van der Waals surface area (Å²) in [4.78, 5) is 40.0. The largest absolute Gasteiger partial charge is 0.872 e. The van der Waals surface area contributed by atoms with Crippen molar-refractivity contribution in [3.05, 3.63) is 29.8 Å². The molecule has 10 nitrogen and oxygen atoms in total. The van der Waals surface area contributed by atoms with Crippen LogP contribution in [0.5, 0.6) is 5.75 Å².